The summed E-state index contributed by atoms with van der Waals surface area (Å²) in [5.41, 5.74) is 12.1. The second kappa shape index (κ2) is 8.98. The van der Waals surface area contributed by atoms with E-state index in [2.05, 4.69) is 140 Å². The summed E-state index contributed by atoms with van der Waals surface area (Å²) in [6, 6.07) is 46.5. The van der Waals surface area contributed by atoms with Crippen LogP contribution in [0, 0.1) is 0 Å². The fourth-order valence-corrected chi connectivity index (χ4v) is 5.80. The van der Waals surface area contributed by atoms with Crippen LogP contribution in [0.25, 0.3) is 27.8 Å². The molecule has 5 aromatic rings. The molecule has 0 saturated carbocycles. The lowest BCUT2D eigenvalue weighted by Gasteiger charge is -2.34. The zero-order chi connectivity index (χ0) is 24.5. The van der Waals surface area contributed by atoms with Gasteiger partial charge in [0.15, 0.2) is 0 Å². The van der Waals surface area contributed by atoms with E-state index in [0.29, 0.717) is 0 Å². The smallest absolute Gasteiger partial charge is 0.0713 e. The van der Waals surface area contributed by atoms with E-state index in [1.165, 1.54) is 44.5 Å². The third kappa shape index (κ3) is 3.38. The molecule has 0 amide bonds. The van der Waals surface area contributed by atoms with Gasteiger partial charge in [0.1, 0.15) is 0 Å². The molecule has 0 nitrogen and oxygen atoms in total. The van der Waals surface area contributed by atoms with Crippen molar-refractivity contribution in [3.63, 3.8) is 0 Å². The highest BCUT2D eigenvalue weighted by molar-refractivity contribution is 5.88. The highest BCUT2D eigenvalue weighted by Gasteiger charge is 2.45. The van der Waals surface area contributed by atoms with Crippen molar-refractivity contribution in [2.45, 2.75) is 12.3 Å². The predicted molar refractivity (Wildman–Crippen MR) is 153 cm³/mol. The van der Waals surface area contributed by atoms with Crippen LogP contribution < -0.4 is 0 Å². The van der Waals surface area contributed by atoms with Crippen LogP contribution in [0.5, 0.6) is 0 Å². The normalized spacial score (nSPS) is 13.4. The van der Waals surface area contributed by atoms with Crippen molar-refractivity contribution in [1.29, 1.82) is 0 Å². The minimum absolute atomic E-state index is 0.370. The van der Waals surface area contributed by atoms with E-state index < -0.39 is 0 Å². The SMILES string of the molecule is C=C(/C=C\C)c1ccc(-c2ccc3c(c2)C(c2ccccc2)(c2ccccc2)c2ccccc2-3)cc1. The van der Waals surface area contributed by atoms with Gasteiger partial charge in [0, 0.05) is 0 Å². The summed E-state index contributed by atoms with van der Waals surface area (Å²) < 4.78 is 0. The molecule has 0 fully saturated rings. The van der Waals surface area contributed by atoms with E-state index in [9.17, 15) is 0 Å². The molecule has 36 heavy (non-hydrogen) atoms. The van der Waals surface area contributed by atoms with Gasteiger partial charge in [-0.05, 0) is 68.6 Å². The average molecular weight is 461 g/mol. The molecule has 0 heteroatoms. The number of fused-ring (bicyclic) bond motifs is 3. The number of hydrogen-bond acceptors (Lipinski definition) is 0. The third-order valence-electron chi connectivity index (χ3n) is 7.42. The zero-order valence-corrected chi connectivity index (χ0v) is 20.5. The fraction of sp³-hybridized carbons (Fsp3) is 0.0556. The largest absolute Gasteiger partial charge is 0.0912 e. The van der Waals surface area contributed by atoms with Crippen LogP contribution in [0.2, 0.25) is 0 Å². The maximum atomic E-state index is 4.19. The highest BCUT2D eigenvalue weighted by Crippen LogP contribution is 2.56. The lowest BCUT2D eigenvalue weighted by atomic mass is 9.67. The lowest BCUT2D eigenvalue weighted by molar-refractivity contribution is 0.769. The molecule has 0 N–H and O–H groups in total. The molecule has 172 valence electrons. The van der Waals surface area contributed by atoms with Crippen molar-refractivity contribution in [3.8, 4) is 22.3 Å². The molecule has 0 saturated heterocycles. The topological polar surface area (TPSA) is 0 Å². The molecule has 5 aromatic carbocycles. The summed E-state index contributed by atoms with van der Waals surface area (Å²) in [6.07, 6.45) is 4.08. The molecule has 0 unspecified atom stereocenters. The van der Waals surface area contributed by atoms with Crippen LogP contribution >= 0.6 is 0 Å². The van der Waals surface area contributed by atoms with E-state index in [1.807, 2.05) is 13.0 Å². The monoisotopic (exact) mass is 460 g/mol. The number of allylic oxidation sites excluding steroid dienone is 3. The van der Waals surface area contributed by atoms with Gasteiger partial charge < -0.3 is 0 Å². The Kier molecular flexibility index (Phi) is 5.51. The quantitative estimate of drug-likeness (QED) is 0.225. The fourth-order valence-electron chi connectivity index (χ4n) is 5.80. The van der Waals surface area contributed by atoms with Gasteiger partial charge in [0.25, 0.3) is 0 Å². The average Bonchev–Trinajstić information content (AvgIpc) is 3.25. The van der Waals surface area contributed by atoms with Crippen molar-refractivity contribution in [2.75, 3.05) is 0 Å². The summed E-state index contributed by atoms with van der Waals surface area (Å²) in [7, 11) is 0. The summed E-state index contributed by atoms with van der Waals surface area (Å²) in [6.45, 7) is 6.21. The van der Waals surface area contributed by atoms with Crippen LogP contribution in [0.3, 0.4) is 0 Å². The maximum Gasteiger partial charge on any atom is 0.0713 e. The first kappa shape index (κ1) is 22.1. The van der Waals surface area contributed by atoms with E-state index in [-0.39, 0.29) is 5.41 Å². The molecule has 1 aliphatic rings. The van der Waals surface area contributed by atoms with Crippen molar-refractivity contribution in [1.82, 2.24) is 0 Å². The van der Waals surface area contributed by atoms with Crippen molar-refractivity contribution in [3.05, 3.63) is 174 Å². The maximum absolute atomic E-state index is 4.19. The molecule has 0 atom stereocenters. The number of rotatable bonds is 5. The molecule has 0 aromatic heterocycles. The molecule has 1 aliphatic carbocycles. The molecular formula is C36H28. The Morgan fingerprint density at radius 3 is 1.78 bits per heavy atom. The first-order valence-corrected chi connectivity index (χ1v) is 12.5. The third-order valence-corrected chi connectivity index (χ3v) is 7.42. The van der Waals surface area contributed by atoms with Crippen molar-refractivity contribution >= 4 is 5.57 Å². The zero-order valence-electron chi connectivity index (χ0n) is 20.5. The van der Waals surface area contributed by atoms with Gasteiger partial charge in [-0.25, -0.2) is 0 Å². The van der Waals surface area contributed by atoms with Gasteiger partial charge in [0.2, 0.25) is 0 Å². The van der Waals surface area contributed by atoms with Crippen LogP contribution in [-0.2, 0) is 5.41 Å². The summed E-state index contributed by atoms with van der Waals surface area (Å²) in [4.78, 5) is 0. The summed E-state index contributed by atoms with van der Waals surface area (Å²) in [5.74, 6) is 0. The van der Waals surface area contributed by atoms with Gasteiger partial charge in [-0.2, -0.15) is 0 Å². The van der Waals surface area contributed by atoms with Crippen LogP contribution in [0.1, 0.15) is 34.7 Å². The Morgan fingerprint density at radius 1 is 0.583 bits per heavy atom. The molecule has 0 radical (unpaired) electrons. The Balaban J connectivity index is 1.60. The minimum atomic E-state index is -0.370. The Labute approximate surface area is 213 Å². The van der Waals surface area contributed by atoms with Gasteiger partial charge in [-0.15, -0.1) is 0 Å². The van der Waals surface area contributed by atoms with Gasteiger partial charge in [0.05, 0.1) is 5.41 Å². The summed E-state index contributed by atoms with van der Waals surface area (Å²) >= 11 is 0. The number of hydrogen-bond donors (Lipinski definition) is 0. The summed E-state index contributed by atoms with van der Waals surface area (Å²) in [5, 5.41) is 0. The second-order valence-corrected chi connectivity index (χ2v) is 9.39. The van der Waals surface area contributed by atoms with Crippen LogP contribution in [0.4, 0.5) is 0 Å². The first-order chi connectivity index (χ1) is 17.7. The second-order valence-electron chi connectivity index (χ2n) is 9.39. The Bertz CT molecular complexity index is 1530. The molecule has 0 bridgehead atoms. The van der Waals surface area contributed by atoms with Crippen molar-refractivity contribution < 1.29 is 0 Å². The van der Waals surface area contributed by atoms with E-state index in [4.69, 9.17) is 0 Å². The molecular weight excluding hydrogens is 432 g/mol. The first-order valence-electron chi connectivity index (χ1n) is 12.5. The van der Waals surface area contributed by atoms with Crippen molar-refractivity contribution in [2.24, 2.45) is 0 Å². The van der Waals surface area contributed by atoms with Crippen LogP contribution in [0.15, 0.2) is 146 Å². The predicted octanol–water partition coefficient (Wildman–Crippen LogP) is 9.31. The molecule has 0 aliphatic heterocycles. The molecule has 6 rings (SSSR count). The number of benzene rings is 5. The Hall–Kier alpha value is -4.42. The Morgan fingerprint density at radius 2 is 1.14 bits per heavy atom. The van der Waals surface area contributed by atoms with E-state index >= 15 is 0 Å². The highest BCUT2D eigenvalue weighted by atomic mass is 14.5. The van der Waals surface area contributed by atoms with Crippen LogP contribution in [-0.4, -0.2) is 0 Å². The van der Waals surface area contributed by atoms with Gasteiger partial charge in [-0.1, -0.05) is 140 Å². The molecule has 0 heterocycles. The molecule has 0 spiro atoms. The van der Waals surface area contributed by atoms with Gasteiger partial charge in [-0.3, -0.25) is 0 Å². The minimum Gasteiger partial charge on any atom is -0.0912 e. The van der Waals surface area contributed by atoms with E-state index in [0.717, 1.165) is 11.1 Å². The standard InChI is InChI=1S/C36H28/c1-3-12-26(2)27-19-21-28(22-20-27)29-23-24-33-32-17-10-11-18-34(32)36(35(33)25-29,30-13-6-4-7-14-30)31-15-8-5-9-16-31/h3-25H,2H2,1H3/b12-3-. The van der Waals surface area contributed by atoms with E-state index in [1.54, 1.807) is 0 Å². The van der Waals surface area contributed by atoms with Gasteiger partial charge >= 0.3 is 0 Å². The lowest BCUT2D eigenvalue weighted by Crippen LogP contribution is -2.28.